The highest BCUT2D eigenvalue weighted by molar-refractivity contribution is 6.05. The highest BCUT2D eigenvalue weighted by Crippen LogP contribution is 2.28. The van der Waals surface area contributed by atoms with Crippen molar-refractivity contribution in [2.24, 2.45) is 0 Å². The van der Waals surface area contributed by atoms with Crippen LogP contribution in [0, 0.1) is 0 Å². The Kier molecular flexibility index (Phi) is 2.99. The number of hydrogen-bond acceptors (Lipinski definition) is 1. The normalized spacial score (nSPS) is 10.7. The van der Waals surface area contributed by atoms with Gasteiger partial charge in [-0.3, -0.25) is 9.36 Å². The minimum absolute atomic E-state index is 0.0648. The molecular formula is C18H15NO. The smallest absolute Gasteiger partial charge is 0.257 e. The molecule has 2 aromatic carbocycles. The van der Waals surface area contributed by atoms with Crippen molar-refractivity contribution in [1.29, 1.82) is 0 Å². The molecule has 0 amide bonds. The Balaban J connectivity index is 2.34. The fourth-order valence-electron chi connectivity index (χ4n) is 2.39. The third-order valence-electron chi connectivity index (χ3n) is 3.35. The summed E-state index contributed by atoms with van der Waals surface area (Å²) in [7, 11) is 0. The molecule has 3 rings (SSSR count). The topological polar surface area (TPSA) is 22.0 Å². The zero-order valence-corrected chi connectivity index (χ0v) is 11.3. The van der Waals surface area contributed by atoms with Gasteiger partial charge >= 0.3 is 0 Å². The third kappa shape index (κ3) is 1.95. The van der Waals surface area contributed by atoms with Crippen molar-refractivity contribution in [2.75, 3.05) is 0 Å². The number of fused-ring (bicyclic) bond motifs is 1. The van der Waals surface area contributed by atoms with Crippen LogP contribution in [0.4, 0.5) is 0 Å². The van der Waals surface area contributed by atoms with E-state index in [1.165, 1.54) is 0 Å². The lowest BCUT2D eigenvalue weighted by Crippen LogP contribution is -2.12. The van der Waals surface area contributed by atoms with Crippen LogP contribution >= 0.6 is 0 Å². The molecule has 0 aliphatic carbocycles. The van der Waals surface area contributed by atoms with Gasteiger partial charge in [0.2, 0.25) is 0 Å². The number of rotatable bonds is 2. The van der Waals surface area contributed by atoms with Gasteiger partial charge in [0.1, 0.15) is 0 Å². The van der Waals surface area contributed by atoms with Crippen LogP contribution < -0.4 is 0 Å². The van der Waals surface area contributed by atoms with Crippen LogP contribution in [-0.4, -0.2) is 10.5 Å². The van der Waals surface area contributed by atoms with Gasteiger partial charge in [0.15, 0.2) is 0 Å². The number of carbonyl (C=O) groups is 1. The molecule has 0 radical (unpaired) electrons. The Hall–Kier alpha value is -2.61. The number of aromatic nitrogens is 1. The number of para-hydroxylation sites is 1. The molecule has 0 fully saturated rings. The first-order valence-electron chi connectivity index (χ1n) is 6.54. The van der Waals surface area contributed by atoms with Crippen molar-refractivity contribution in [1.82, 2.24) is 4.57 Å². The van der Waals surface area contributed by atoms with E-state index in [9.17, 15) is 4.79 Å². The summed E-state index contributed by atoms with van der Waals surface area (Å²) < 4.78 is 1.74. The van der Waals surface area contributed by atoms with Gasteiger partial charge in [0.05, 0.1) is 11.2 Å². The molecule has 1 heterocycles. The Morgan fingerprint density at radius 1 is 1.00 bits per heavy atom. The second-order valence-corrected chi connectivity index (χ2v) is 4.88. The van der Waals surface area contributed by atoms with E-state index in [4.69, 9.17) is 0 Å². The molecule has 0 saturated heterocycles. The minimum atomic E-state index is -0.0648. The molecule has 2 nitrogen and oxygen atoms in total. The van der Waals surface area contributed by atoms with E-state index in [2.05, 4.69) is 6.58 Å². The van der Waals surface area contributed by atoms with Crippen molar-refractivity contribution >= 4 is 16.8 Å². The Morgan fingerprint density at radius 3 is 2.35 bits per heavy atom. The van der Waals surface area contributed by atoms with Crippen LogP contribution in [0.2, 0.25) is 0 Å². The van der Waals surface area contributed by atoms with Crippen molar-refractivity contribution in [2.45, 2.75) is 6.92 Å². The number of carbonyl (C=O) groups excluding carboxylic acids is 1. The predicted molar refractivity (Wildman–Crippen MR) is 82.8 cm³/mol. The zero-order chi connectivity index (χ0) is 14.1. The molecule has 3 aromatic rings. The van der Waals surface area contributed by atoms with Gasteiger partial charge in [-0.1, -0.05) is 55.1 Å². The molecule has 0 aliphatic heterocycles. The fraction of sp³-hybridized carbons (Fsp3) is 0.0556. The summed E-state index contributed by atoms with van der Waals surface area (Å²) >= 11 is 0. The first-order valence-corrected chi connectivity index (χ1v) is 6.54. The Morgan fingerprint density at radius 2 is 1.65 bits per heavy atom. The maximum atomic E-state index is 12.5. The van der Waals surface area contributed by atoms with E-state index in [1.54, 1.807) is 11.5 Å². The third-order valence-corrected chi connectivity index (χ3v) is 3.35. The Bertz CT molecular complexity index is 797. The van der Waals surface area contributed by atoms with Crippen LogP contribution in [0.5, 0.6) is 0 Å². The SMILES string of the molecule is C=C(C)C(=O)n1c(-c2ccccc2)cc2ccccc21. The highest BCUT2D eigenvalue weighted by Gasteiger charge is 2.16. The van der Waals surface area contributed by atoms with E-state index in [1.807, 2.05) is 60.7 Å². The average Bonchev–Trinajstić information content (AvgIpc) is 2.86. The maximum absolute atomic E-state index is 12.5. The molecule has 20 heavy (non-hydrogen) atoms. The molecule has 0 atom stereocenters. The first kappa shape index (κ1) is 12.4. The summed E-state index contributed by atoms with van der Waals surface area (Å²) in [5, 5.41) is 1.06. The summed E-state index contributed by atoms with van der Waals surface area (Å²) in [6.07, 6.45) is 0. The number of allylic oxidation sites excluding steroid dienone is 1. The second kappa shape index (κ2) is 4.82. The number of benzene rings is 2. The van der Waals surface area contributed by atoms with Gasteiger partial charge in [-0.2, -0.15) is 0 Å². The van der Waals surface area contributed by atoms with Crippen molar-refractivity contribution in [3.05, 3.63) is 72.8 Å². The standard InChI is InChI=1S/C18H15NO/c1-13(2)18(20)19-16-11-7-6-10-15(16)12-17(19)14-8-4-3-5-9-14/h3-12H,1H2,2H3. The van der Waals surface area contributed by atoms with E-state index >= 15 is 0 Å². The molecule has 0 saturated carbocycles. The summed E-state index contributed by atoms with van der Waals surface area (Å²) in [5.74, 6) is -0.0648. The monoisotopic (exact) mass is 261 g/mol. The van der Waals surface area contributed by atoms with Crippen LogP contribution in [-0.2, 0) is 0 Å². The molecule has 2 heteroatoms. The lowest BCUT2D eigenvalue weighted by molar-refractivity contribution is 0.0962. The second-order valence-electron chi connectivity index (χ2n) is 4.88. The largest absolute Gasteiger partial charge is 0.276 e. The van der Waals surface area contributed by atoms with Crippen molar-refractivity contribution in [3.8, 4) is 11.3 Å². The van der Waals surface area contributed by atoms with Crippen molar-refractivity contribution < 1.29 is 4.79 Å². The lowest BCUT2D eigenvalue weighted by Gasteiger charge is -2.09. The molecule has 0 unspecified atom stereocenters. The van der Waals surface area contributed by atoms with Gasteiger partial charge in [-0.05, 0) is 24.6 Å². The van der Waals surface area contributed by atoms with Gasteiger partial charge in [0.25, 0.3) is 5.91 Å². The molecule has 0 aliphatic rings. The van der Waals surface area contributed by atoms with E-state index in [0.717, 1.165) is 22.2 Å². The molecule has 98 valence electrons. The van der Waals surface area contributed by atoms with Crippen LogP contribution in [0.3, 0.4) is 0 Å². The zero-order valence-electron chi connectivity index (χ0n) is 11.3. The molecule has 1 aromatic heterocycles. The number of hydrogen-bond donors (Lipinski definition) is 0. The predicted octanol–water partition coefficient (Wildman–Crippen LogP) is 4.52. The van der Waals surface area contributed by atoms with Crippen LogP contribution in [0.1, 0.15) is 11.7 Å². The van der Waals surface area contributed by atoms with E-state index in [-0.39, 0.29) is 5.91 Å². The quantitative estimate of drug-likeness (QED) is 0.621. The van der Waals surface area contributed by atoms with Crippen LogP contribution in [0.25, 0.3) is 22.2 Å². The number of nitrogens with zero attached hydrogens (tertiary/aromatic N) is 1. The van der Waals surface area contributed by atoms with Gasteiger partial charge in [-0.25, -0.2) is 0 Å². The fourth-order valence-corrected chi connectivity index (χ4v) is 2.39. The Labute approximate surface area is 118 Å². The summed E-state index contributed by atoms with van der Waals surface area (Å²) in [6.45, 7) is 5.52. The average molecular weight is 261 g/mol. The maximum Gasteiger partial charge on any atom is 0.257 e. The lowest BCUT2D eigenvalue weighted by atomic mass is 10.1. The van der Waals surface area contributed by atoms with Gasteiger partial charge in [-0.15, -0.1) is 0 Å². The molecule has 0 bridgehead atoms. The first-order chi connectivity index (χ1) is 9.68. The summed E-state index contributed by atoms with van der Waals surface area (Å²) in [6, 6.07) is 19.9. The van der Waals surface area contributed by atoms with E-state index < -0.39 is 0 Å². The van der Waals surface area contributed by atoms with E-state index in [0.29, 0.717) is 5.57 Å². The van der Waals surface area contributed by atoms with Crippen molar-refractivity contribution in [3.63, 3.8) is 0 Å². The molecule has 0 N–H and O–H groups in total. The summed E-state index contributed by atoms with van der Waals surface area (Å²) in [4.78, 5) is 12.5. The molecular weight excluding hydrogens is 246 g/mol. The highest BCUT2D eigenvalue weighted by atomic mass is 16.2. The van der Waals surface area contributed by atoms with Gasteiger partial charge in [0, 0.05) is 11.0 Å². The van der Waals surface area contributed by atoms with Gasteiger partial charge < -0.3 is 0 Å². The summed E-state index contributed by atoms with van der Waals surface area (Å²) in [5.41, 5.74) is 3.38. The minimum Gasteiger partial charge on any atom is -0.276 e. The molecule has 0 spiro atoms. The van der Waals surface area contributed by atoms with Crippen LogP contribution in [0.15, 0.2) is 72.8 Å².